The fourth-order valence-corrected chi connectivity index (χ4v) is 4.95. The molecule has 0 saturated carbocycles. The van der Waals surface area contributed by atoms with Gasteiger partial charge >= 0.3 is 0 Å². The van der Waals surface area contributed by atoms with Gasteiger partial charge in [0.2, 0.25) is 0 Å². The third-order valence-electron chi connectivity index (χ3n) is 5.99. The summed E-state index contributed by atoms with van der Waals surface area (Å²) in [6, 6.07) is 18.5. The summed E-state index contributed by atoms with van der Waals surface area (Å²) in [4.78, 5) is 29.0. The molecule has 0 bridgehead atoms. The van der Waals surface area contributed by atoms with Gasteiger partial charge in [0.1, 0.15) is 5.82 Å². The minimum atomic E-state index is -4.01. The topological polar surface area (TPSA) is 86.8 Å². The predicted octanol–water partition coefficient (Wildman–Crippen LogP) is 3.79. The number of rotatable bonds is 6. The van der Waals surface area contributed by atoms with Crippen LogP contribution in [0, 0.1) is 5.82 Å². The number of aryl methyl sites for hydroxylation is 1. The molecule has 1 aliphatic heterocycles. The molecule has 1 N–H and O–H groups in total. The summed E-state index contributed by atoms with van der Waals surface area (Å²) in [5.41, 5.74) is 1.98. The normalized spacial score (nSPS) is 14.0. The zero-order valence-corrected chi connectivity index (χ0v) is 20.1. The average Bonchev–Trinajstić information content (AvgIpc) is 2.89. The SMILES string of the molecule is CCc1ccc(C(=O)N2CCN(C(=O)c3ccc(S(=O)(=O)Nc4ccccc4F)cc3)CC2)cc1. The number of benzene rings is 3. The summed E-state index contributed by atoms with van der Waals surface area (Å²) in [6.07, 6.45) is 0.907. The Labute approximate surface area is 204 Å². The third kappa shape index (κ3) is 5.51. The molecule has 3 aromatic carbocycles. The number of carbonyl (C=O) groups excluding carboxylic acids is 2. The summed E-state index contributed by atoms with van der Waals surface area (Å²) in [6.45, 7) is 3.65. The van der Waals surface area contributed by atoms with Crippen molar-refractivity contribution in [2.75, 3.05) is 30.9 Å². The molecule has 0 spiro atoms. The number of para-hydroxylation sites is 1. The lowest BCUT2D eigenvalue weighted by atomic mass is 10.1. The van der Waals surface area contributed by atoms with Crippen molar-refractivity contribution in [1.29, 1.82) is 0 Å². The van der Waals surface area contributed by atoms with E-state index in [1.165, 1.54) is 48.0 Å². The molecule has 9 heteroatoms. The second-order valence-corrected chi connectivity index (χ2v) is 9.93. The van der Waals surface area contributed by atoms with Crippen LogP contribution in [0.25, 0.3) is 0 Å². The van der Waals surface area contributed by atoms with Crippen LogP contribution < -0.4 is 4.72 Å². The van der Waals surface area contributed by atoms with E-state index in [2.05, 4.69) is 11.6 Å². The van der Waals surface area contributed by atoms with E-state index >= 15 is 0 Å². The number of halogens is 1. The number of piperazine rings is 1. The highest BCUT2D eigenvalue weighted by Crippen LogP contribution is 2.20. The highest BCUT2D eigenvalue weighted by atomic mass is 32.2. The van der Waals surface area contributed by atoms with Crippen molar-refractivity contribution in [1.82, 2.24) is 9.80 Å². The van der Waals surface area contributed by atoms with E-state index in [4.69, 9.17) is 0 Å². The lowest BCUT2D eigenvalue weighted by molar-refractivity contribution is 0.0535. The van der Waals surface area contributed by atoms with Gasteiger partial charge in [-0.2, -0.15) is 0 Å². The molecule has 0 aromatic heterocycles. The lowest BCUT2D eigenvalue weighted by Crippen LogP contribution is -2.50. The van der Waals surface area contributed by atoms with E-state index in [-0.39, 0.29) is 22.4 Å². The highest BCUT2D eigenvalue weighted by Gasteiger charge is 2.26. The average molecular weight is 496 g/mol. The van der Waals surface area contributed by atoms with Crippen LogP contribution in [0.1, 0.15) is 33.2 Å². The number of hydrogen-bond acceptors (Lipinski definition) is 4. The van der Waals surface area contributed by atoms with E-state index in [0.717, 1.165) is 12.5 Å². The molecule has 2 amide bonds. The molecule has 7 nitrogen and oxygen atoms in total. The molecule has 0 unspecified atom stereocenters. The molecule has 1 heterocycles. The van der Waals surface area contributed by atoms with Crippen molar-refractivity contribution in [3.63, 3.8) is 0 Å². The number of sulfonamides is 1. The van der Waals surface area contributed by atoms with Gasteiger partial charge in [-0.1, -0.05) is 31.2 Å². The summed E-state index contributed by atoms with van der Waals surface area (Å²) in [5.74, 6) is -0.981. The molecule has 1 aliphatic rings. The summed E-state index contributed by atoms with van der Waals surface area (Å²) >= 11 is 0. The fourth-order valence-electron chi connectivity index (χ4n) is 3.89. The van der Waals surface area contributed by atoms with Crippen LogP contribution in [0.3, 0.4) is 0 Å². The van der Waals surface area contributed by atoms with Crippen LogP contribution in [0.5, 0.6) is 0 Å². The van der Waals surface area contributed by atoms with E-state index in [0.29, 0.717) is 37.3 Å². The molecule has 0 aliphatic carbocycles. The second kappa shape index (κ2) is 10.3. The number of nitrogens with one attached hydrogen (secondary N) is 1. The Morgan fingerprint density at radius 2 is 1.29 bits per heavy atom. The number of hydrogen-bond donors (Lipinski definition) is 1. The first-order chi connectivity index (χ1) is 16.8. The molecule has 182 valence electrons. The predicted molar refractivity (Wildman–Crippen MR) is 131 cm³/mol. The number of carbonyl (C=O) groups is 2. The Bertz CT molecular complexity index is 1320. The van der Waals surface area contributed by atoms with E-state index in [1.54, 1.807) is 9.80 Å². The Morgan fingerprint density at radius 3 is 1.77 bits per heavy atom. The van der Waals surface area contributed by atoms with Crippen molar-refractivity contribution in [2.24, 2.45) is 0 Å². The maximum atomic E-state index is 13.8. The molecule has 35 heavy (non-hydrogen) atoms. The van der Waals surface area contributed by atoms with Crippen LogP contribution in [-0.2, 0) is 16.4 Å². The van der Waals surface area contributed by atoms with Gasteiger partial charge in [0, 0.05) is 37.3 Å². The van der Waals surface area contributed by atoms with E-state index in [1.807, 2.05) is 24.3 Å². The molecule has 1 saturated heterocycles. The van der Waals surface area contributed by atoms with E-state index in [9.17, 15) is 22.4 Å². The van der Waals surface area contributed by atoms with Crippen LogP contribution in [0.15, 0.2) is 77.7 Å². The zero-order chi connectivity index (χ0) is 25.0. The van der Waals surface area contributed by atoms with Crippen LogP contribution in [-0.4, -0.2) is 56.2 Å². The van der Waals surface area contributed by atoms with Gasteiger partial charge in [-0.05, 0) is 60.5 Å². The quantitative estimate of drug-likeness (QED) is 0.564. The first-order valence-corrected chi connectivity index (χ1v) is 12.8. The van der Waals surface area contributed by atoms with Gasteiger partial charge in [0.15, 0.2) is 0 Å². The van der Waals surface area contributed by atoms with Gasteiger partial charge in [0.05, 0.1) is 10.6 Å². The molecule has 0 atom stereocenters. The molecule has 1 fully saturated rings. The summed E-state index contributed by atoms with van der Waals surface area (Å²) in [5, 5.41) is 0. The first-order valence-electron chi connectivity index (χ1n) is 11.3. The maximum Gasteiger partial charge on any atom is 0.261 e. The smallest absolute Gasteiger partial charge is 0.261 e. The summed E-state index contributed by atoms with van der Waals surface area (Å²) < 4.78 is 41.2. The van der Waals surface area contributed by atoms with Gasteiger partial charge in [-0.15, -0.1) is 0 Å². The largest absolute Gasteiger partial charge is 0.335 e. The fraction of sp³-hybridized carbons (Fsp3) is 0.231. The Morgan fingerprint density at radius 1 is 0.800 bits per heavy atom. The maximum absolute atomic E-state index is 13.8. The minimum Gasteiger partial charge on any atom is -0.335 e. The third-order valence-corrected chi connectivity index (χ3v) is 7.37. The van der Waals surface area contributed by atoms with Crippen molar-refractivity contribution in [3.05, 3.63) is 95.3 Å². The molecule has 4 rings (SSSR count). The van der Waals surface area contributed by atoms with Crippen LogP contribution >= 0.6 is 0 Å². The van der Waals surface area contributed by atoms with Gasteiger partial charge < -0.3 is 9.80 Å². The Hall–Kier alpha value is -3.72. The monoisotopic (exact) mass is 495 g/mol. The van der Waals surface area contributed by atoms with Crippen molar-refractivity contribution < 1.29 is 22.4 Å². The van der Waals surface area contributed by atoms with Gasteiger partial charge in [-0.25, -0.2) is 12.8 Å². The zero-order valence-electron chi connectivity index (χ0n) is 19.3. The van der Waals surface area contributed by atoms with Crippen molar-refractivity contribution >= 4 is 27.5 Å². The lowest BCUT2D eigenvalue weighted by Gasteiger charge is -2.35. The van der Waals surface area contributed by atoms with Crippen LogP contribution in [0.4, 0.5) is 10.1 Å². The number of nitrogens with zero attached hydrogens (tertiary/aromatic N) is 2. The highest BCUT2D eigenvalue weighted by molar-refractivity contribution is 7.92. The summed E-state index contributed by atoms with van der Waals surface area (Å²) in [7, 11) is -4.01. The number of anilines is 1. The molecular weight excluding hydrogens is 469 g/mol. The van der Waals surface area contributed by atoms with E-state index < -0.39 is 15.8 Å². The van der Waals surface area contributed by atoms with Gasteiger partial charge in [0.25, 0.3) is 21.8 Å². The first kappa shape index (κ1) is 24.4. The second-order valence-electron chi connectivity index (χ2n) is 8.24. The van der Waals surface area contributed by atoms with Crippen molar-refractivity contribution in [3.8, 4) is 0 Å². The standard InChI is InChI=1S/C26H26FN3O4S/c1-2-19-7-9-20(10-8-19)25(31)29-15-17-30(18-16-29)26(32)21-11-13-22(14-12-21)35(33,34)28-24-6-4-3-5-23(24)27/h3-14,28H,2,15-18H2,1H3. The molecular formula is C26H26FN3O4S. The minimum absolute atomic E-state index is 0.0586. The van der Waals surface area contributed by atoms with Gasteiger partial charge in [-0.3, -0.25) is 14.3 Å². The molecule has 3 aromatic rings. The Balaban J connectivity index is 1.37. The van der Waals surface area contributed by atoms with Crippen LogP contribution in [0.2, 0.25) is 0 Å². The number of amides is 2. The molecule has 0 radical (unpaired) electrons. The Kier molecular flexibility index (Phi) is 7.16. The van der Waals surface area contributed by atoms with Crippen molar-refractivity contribution in [2.45, 2.75) is 18.2 Å².